The largest absolute Gasteiger partial charge is 0.489 e. The van der Waals surface area contributed by atoms with Crippen LogP contribution in [0.4, 0.5) is 34.1 Å². The van der Waals surface area contributed by atoms with Crippen molar-refractivity contribution in [2.45, 2.75) is 66.8 Å². The van der Waals surface area contributed by atoms with Crippen LogP contribution < -0.4 is 9.47 Å². The van der Waals surface area contributed by atoms with Crippen LogP contribution in [-0.2, 0) is 18.0 Å². The molecule has 1 unspecified atom stereocenters. The first-order chi connectivity index (χ1) is 27.3. The van der Waals surface area contributed by atoms with Gasteiger partial charge in [-0.25, -0.2) is 0 Å². The first-order valence-electron chi connectivity index (χ1n) is 18.9. The molecule has 7 rings (SSSR count). The summed E-state index contributed by atoms with van der Waals surface area (Å²) in [7, 11) is 0. The fourth-order valence-electron chi connectivity index (χ4n) is 5.80. The monoisotopic (exact) mass is 744 g/mol. The van der Waals surface area contributed by atoms with E-state index in [1.54, 1.807) is 0 Å². The molecule has 0 spiro atoms. The summed E-state index contributed by atoms with van der Waals surface area (Å²) in [5.74, 6) is 1.60. The Labute approximate surface area is 329 Å². The van der Waals surface area contributed by atoms with Crippen LogP contribution >= 0.6 is 0 Å². The van der Waals surface area contributed by atoms with Gasteiger partial charge in [-0.05, 0) is 154 Å². The Balaban J connectivity index is 0.000000809. The van der Waals surface area contributed by atoms with Crippen LogP contribution in [0, 0.1) is 27.7 Å². The molecule has 1 atom stereocenters. The molecular weight excluding hydrogens is 697 g/mol. The van der Waals surface area contributed by atoms with Crippen LogP contribution in [0.5, 0.6) is 11.5 Å². The van der Waals surface area contributed by atoms with E-state index in [1.165, 1.54) is 12.8 Å². The van der Waals surface area contributed by atoms with Crippen molar-refractivity contribution >= 4 is 34.1 Å². The summed E-state index contributed by atoms with van der Waals surface area (Å²) in [5.41, 5.74) is 10.7. The molecule has 0 aromatic heterocycles. The molecule has 9 nitrogen and oxygen atoms in total. The van der Waals surface area contributed by atoms with E-state index in [0.29, 0.717) is 25.0 Å². The van der Waals surface area contributed by atoms with Crippen molar-refractivity contribution in [2.75, 3.05) is 6.61 Å². The van der Waals surface area contributed by atoms with E-state index in [1.807, 2.05) is 161 Å². The lowest BCUT2D eigenvalue weighted by atomic mass is 10.1. The van der Waals surface area contributed by atoms with Gasteiger partial charge in [0.25, 0.3) is 0 Å². The van der Waals surface area contributed by atoms with E-state index in [-0.39, 0.29) is 0 Å². The van der Waals surface area contributed by atoms with Crippen LogP contribution in [0.15, 0.2) is 164 Å². The van der Waals surface area contributed by atoms with Gasteiger partial charge in [0, 0.05) is 6.61 Å². The lowest BCUT2D eigenvalue weighted by Gasteiger charge is -2.08. The third-order valence-electron chi connectivity index (χ3n) is 9.17. The van der Waals surface area contributed by atoms with Gasteiger partial charge in [0.15, 0.2) is 0 Å². The molecule has 56 heavy (non-hydrogen) atoms. The summed E-state index contributed by atoms with van der Waals surface area (Å²) in [6.45, 7) is 12.1. The lowest BCUT2D eigenvalue weighted by molar-refractivity contribution is 0.125. The van der Waals surface area contributed by atoms with Gasteiger partial charge in [-0.15, -0.1) is 0 Å². The fraction of sp³-hybridized carbons (Fsp3) is 0.234. The second-order valence-corrected chi connectivity index (χ2v) is 13.8. The van der Waals surface area contributed by atoms with Gasteiger partial charge in [-0.2, -0.15) is 30.7 Å². The van der Waals surface area contributed by atoms with Gasteiger partial charge in [-0.3, -0.25) is 0 Å². The third kappa shape index (κ3) is 11.8. The molecule has 0 saturated carbocycles. The third-order valence-corrected chi connectivity index (χ3v) is 9.17. The molecule has 0 radical (unpaired) electrons. The van der Waals surface area contributed by atoms with Crippen molar-refractivity contribution in [3.8, 4) is 11.5 Å². The summed E-state index contributed by atoms with van der Waals surface area (Å²) >= 11 is 0. The highest BCUT2D eigenvalue weighted by atomic mass is 16.5. The van der Waals surface area contributed by atoms with Crippen molar-refractivity contribution in [3.63, 3.8) is 0 Å². The fourth-order valence-corrected chi connectivity index (χ4v) is 5.80. The zero-order chi connectivity index (χ0) is 39.1. The number of benzene rings is 6. The molecule has 1 fully saturated rings. The molecular formula is C47H48N6O3. The molecule has 0 amide bonds. The minimum atomic E-state index is 0.517. The summed E-state index contributed by atoms with van der Waals surface area (Å²) in [6, 6.07) is 43.3. The molecule has 0 aliphatic carbocycles. The van der Waals surface area contributed by atoms with Gasteiger partial charge in [-0.1, -0.05) is 60.7 Å². The quantitative estimate of drug-likeness (QED) is 0.117. The van der Waals surface area contributed by atoms with Gasteiger partial charge in [0.2, 0.25) is 0 Å². The minimum Gasteiger partial charge on any atom is -0.489 e. The number of aryl methyl sites for hydroxylation is 4. The standard InChI is InChI=1S/C42H38N6O2.C5H10O/c1-29-23-37(49-27-33-11-7-5-8-12-33)19-21-39(29)45-43-35-15-17-36(18-16-35)44-47-41-25-32(4)42(26-31(41)3)48-46-40-22-20-38(24-30(40)2)50-28-34-13-9-6-10-14-34;1-5-3-2-4-6-5/h5-26H,27-28H2,1-4H3;5H,2-4H2,1H3. The van der Waals surface area contributed by atoms with Crippen molar-refractivity contribution < 1.29 is 14.2 Å². The molecule has 284 valence electrons. The van der Waals surface area contributed by atoms with E-state index in [9.17, 15) is 0 Å². The Morgan fingerprint density at radius 3 is 1.29 bits per heavy atom. The predicted molar refractivity (Wildman–Crippen MR) is 223 cm³/mol. The molecule has 1 heterocycles. The molecule has 9 heteroatoms. The molecule has 6 aromatic rings. The van der Waals surface area contributed by atoms with Gasteiger partial charge < -0.3 is 14.2 Å². The van der Waals surface area contributed by atoms with E-state index in [0.717, 1.165) is 79.9 Å². The molecule has 1 aliphatic rings. The SMILES string of the molecule is CC1CCCO1.Cc1cc(OCc2ccccc2)ccc1N=Nc1ccc(N=Nc2cc(C)c(N=Nc3ccc(OCc4ccccc4)cc3C)cc2C)cc1. The van der Waals surface area contributed by atoms with Crippen LogP contribution in [0.2, 0.25) is 0 Å². The number of rotatable bonds is 12. The Kier molecular flexibility index (Phi) is 14.0. The highest BCUT2D eigenvalue weighted by Crippen LogP contribution is 2.33. The van der Waals surface area contributed by atoms with E-state index >= 15 is 0 Å². The second-order valence-electron chi connectivity index (χ2n) is 13.8. The number of hydrogen-bond donors (Lipinski definition) is 0. The van der Waals surface area contributed by atoms with Crippen molar-refractivity contribution in [1.82, 2.24) is 0 Å². The van der Waals surface area contributed by atoms with Crippen molar-refractivity contribution in [1.29, 1.82) is 0 Å². The van der Waals surface area contributed by atoms with Crippen LogP contribution in [0.3, 0.4) is 0 Å². The Hall–Kier alpha value is -6.32. The van der Waals surface area contributed by atoms with Gasteiger partial charge in [0.05, 0.1) is 40.2 Å². The van der Waals surface area contributed by atoms with E-state index < -0.39 is 0 Å². The zero-order valence-corrected chi connectivity index (χ0v) is 32.7. The number of nitrogens with zero attached hydrogens (tertiary/aromatic N) is 6. The summed E-state index contributed by atoms with van der Waals surface area (Å²) in [6.07, 6.45) is 3.08. The molecule has 1 saturated heterocycles. The Morgan fingerprint density at radius 2 is 0.893 bits per heavy atom. The Morgan fingerprint density at radius 1 is 0.482 bits per heavy atom. The first-order valence-corrected chi connectivity index (χ1v) is 18.9. The molecule has 1 aliphatic heterocycles. The maximum atomic E-state index is 5.95. The van der Waals surface area contributed by atoms with Crippen molar-refractivity contribution in [2.24, 2.45) is 30.7 Å². The smallest absolute Gasteiger partial charge is 0.120 e. The maximum Gasteiger partial charge on any atom is 0.120 e. The summed E-state index contributed by atoms with van der Waals surface area (Å²) < 4.78 is 17.0. The van der Waals surface area contributed by atoms with Gasteiger partial charge >= 0.3 is 0 Å². The highest BCUT2D eigenvalue weighted by Gasteiger charge is 2.08. The average molecular weight is 745 g/mol. The zero-order valence-electron chi connectivity index (χ0n) is 32.7. The predicted octanol–water partition coefficient (Wildman–Crippen LogP) is 14.5. The van der Waals surface area contributed by atoms with Crippen LogP contribution in [0.1, 0.15) is 53.1 Å². The highest BCUT2D eigenvalue weighted by molar-refractivity contribution is 5.59. The average Bonchev–Trinajstić information content (AvgIpc) is 3.71. The molecule has 0 bridgehead atoms. The number of hydrogen-bond acceptors (Lipinski definition) is 9. The minimum absolute atomic E-state index is 0.517. The second kappa shape index (κ2) is 19.8. The van der Waals surface area contributed by atoms with Crippen LogP contribution in [-0.4, -0.2) is 12.7 Å². The number of ether oxygens (including phenoxy) is 3. The summed E-state index contributed by atoms with van der Waals surface area (Å²) in [4.78, 5) is 0. The maximum absolute atomic E-state index is 5.95. The Bertz CT molecular complexity index is 2270. The van der Waals surface area contributed by atoms with Crippen LogP contribution in [0.25, 0.3) is 0 Å². The topological polar surface area (TPSA) is 102 Å². The van der Waals surface area contributed by atoms with E-state index in [2.05, 4.69) is 37.6 Å². The van der Waals surface area contributed by atoms with Gasteiger partial charge in [0.1, 0.15) is 24.7 Å². The number of azo groups is 3. The summed E-state index contributed by atoms with van der Waals surface area (Å²) in [5, 5.41) is 26.9. The lowest BCUT2D eigenvalue weighted by Crippen LogP contribution is -1.95. The van der Waals surface area contributed by atoms with Crippen molar-refractivity contribution in [3.05, 3.63) is 167 Å². The molecule has 0 N–H and O–H groups in total. The molecule has 6 aromatic carbocycles. The van der Waals surface area contributed by atoms with E-state index in [4.69, 9.17) is 14.2 Å². The first kappa shape index (κ1) is 39.4. The normalized spacial score (nSPS) is 14.0.